The number of hydrogen-bond acceptors (Lipinski definition) is 2. The maximum absolute atomic E-state index is 11.8. The van der Waals surface area contributed by atoms with Crippen LogP contribution in [0.3, 0.4) is 0 Å². The summed E-state index contributed by atoms with van der Waals surface area (Å²) in [6.07, 6.45) is 1.06. The highest BCUT2D eigenvalue weighted by molar-refractivity contribution is 9.10. The maximum Gasteiger partial charge on any atom is 0.318 e. The van der Waals surface area contributed by atoms with Crippen LogP contribution in [-0.4, -0.2) is 22.2 Å². The molecule has 0 fully saturated rings. The number of aliphatic carboxylic acids is 2. The lowest BCUT2D eigenvalue weighted by molar-refractivity contribution is -0.155. The van der Waals surface area contributed by atoms with Crippen LogP contribution in [0.15, 0.2) is 108 Å². The second kappa shape index (κ2) is 11.2. The molecular weight excluding hydrogens is 504 g/mol. The van der Waals surface area contributed by atoms with E-state index in [2.05, 4.69) is 52.3 Å². The van der Waals surface area contributed by atoms with E-state index in [9.17, 15) is 19.8 Å². The van der Waals surface area contributed by atoms with Crippen molar-refractivity contribution in [3.63, 3.8) is 0 Å². The first kappa shape index (κ1) is 24.4. The molecular formula is C30H25BrO4. The summed E-state index contributed by atoms with van der Waals surface area (Å²) < 4.78 is 1.05. The quantitative estimate of drug-likeness (QED) is 0.234. The molecule has 35 heavy (non-hydrogen) atoms. The van der Waals surface area contributed by atoms with Crippen LogP contribution in [0.25, 0.3) is 11.1 Å². The Kier molecular flexibility index (Phi) is 7.78. The highest BCUT2D eigenvalue weighted by Crippen LogP contribution is 2.30. The van der Waals surface area contributed by atoms with Gasteiger partial charge < -0.3 is 10.2 Å². The fraction of sp³-hybridized carbons (Fsp3) is 0.133. The van der Waals surface area contributed by atoms with Gasteiger partial charge in [-0.1, -0.05) is 107 Å². The van der Waals surface area contributed by atoms with Crippen LogP contribution >= 0.6 is 15.9 Å². The fourth-order valence-electron chi connectivity index (χ4n) is 4.32. The molecule has 4 nitrogen and oxygen atoms in total. The minimum atomic E-state index is -1.52. The normalized spacial score (nSPS) is 11.8. The standard InChI is InChI=1S/C30H25BrO4/c31-26-16-14-24(15-17-26)23-10-6-21(7-11-23)18-22-8-12-25(13-9-22)27(28(29(32)33)30(34)35)19-20-4-2-1-3-5-20/h1-17,27-28H,18-19H2,(H,32,33)(H,34,35). The Morgan fingerprint density at radius 2 is 1.11 bits per heavy atom. The van der Waals surface area contributed by atoms with Crippen LogP contribution in [0.1, 0.15) is 28.2 Å². The van der Waals surface area contributed by atoms with Crippen LogP contribution in [0.4, 0.5) is 0 Å². The molecule has 0 aliphatic carbocycles. The van der Waals surface area contributed by atoms with E-state index in [1.54, 1.807) is 0 Å². The first-order chi connectivity index (χ1) is 16.9. The lowest BCUT2D eigenvalue weighted by atomic mass is 9.81. The van der Waals surface area contributed by atoms with E-state index in [0.29, 0.717) is 12.0 Å². The van der Waals surface area contributed by atoms with Crippen LogP contribution in [0.2, 0.25) is 0 Å². The van der Waals surface area contributed by atoms with Gasteiger partial charge in [-0.05, 0) is 58.4 Å². The second-order valence-corrected chi connectivity index (χ2v) is 9.49. The highest BCUT2D eigenvalue weighted by atomic mass is 79.9. The molecule has 0 spiro atoms. The molecule has 0 aliphatic rings. The van der Waals surface area contributed by atoms with Gasteiger partial charge >= 0.3 is 11.9 Å². The number of carboxylic acids is 2. The zero-order valence-corrected chi connectivity index (χ0v) is 20.6. The second-order valence-electron chi connectivity index (χ2n) is 8.57. The number of halogens is 1. The van der Waals surface area contributed by atoms with Gasteiger partial charge in [0.15, 0.2) is 5.92 Å². The number of carbonyl (C=O) groups is 2. The number of benzene rings is 4. The van der Waals surface area contributed by atoms with Gasteiger partial charge in [0.25, 0.3) is 0 Å². The van der Waals surface area contributed by atoms with Crippen molar-refractivity contribution >= 4 is 27.9 Å². The van der Waals surface area contributed by atoms with Gasteiger partial charge in [-0.15, -0.1) is 0 Å². The summed E-state index contributed by atoms with van der Waals surface area (Å²) in [7, 11) is 0. The van der Waals surface area contributed by atoms with E-state index in [0.717, 1.165) is 38.7 Å². The summed E-state index contributed by atoms with van der Waals surface area (Å²) in [6.45, 7) is 0. The van der Waals surface area contributed by atoms with Gasteiger partial charge in [0.1, 0.15) is 0 Å². The highest BCUT2D eigenvalue weighted by Gasteiger charge is 2.36. The molecule has 0 radical (unpaired) electrons. The largest absolute Gasteiger partial charge is 0.481 e. The molecule has 0 aromatic heterocycles. The molecule has 0 heterocycles. The lowest BCUT2D eigenvalue weighted by Crippen LogP contribution is -2.31. The molecule has 4 aromatic carbocycles. The smallest absolute Gasteiger partial charge is 0.318 e. The van der Waals surface area contributed by atoms with Crippen LogP contribution in [0.5, 0.6) is 0 Å². The summed E-state index contributed by atoms with van der Waals surface area (Å²) in [5.74, 6) is -4.85. The van der Waals surface area contributed by atoms with Crippen molar-refractivity contribution in [2.75, 3.05) is 0 Å². The fourth-order valence-corrected chi connectivity index (χ4v) is 4.59. The zero-order valence-electron chi connectivity index (χ0n) is 19.0. The number of carboxylic acid groups (broad SMARTS) is 2. The monoisotopic (exact) mass is 528 g/mol. The molecule has 0 aliphatic heterocycles. The third kappa shape index (κ3) is 6.25. The topological polar surface area (TPSA) is 74.6 Å². The lowest BCUT2D eigenvalue weighted by Gasteiger charge is -2.22. The van der Waals surface area contributed by atoms with Gasteiger partial charge in [-0.25, -0.2) is 0 Å². The Hall–Kier alpha value is -3.70. The molecule has 0 amide bonds. The van der Waals surface area contributed by atoms with Crippen molar-refractivity contribution in [3.05, 3.63) is 130 Å². The van der Waals surface area contributed by atoms with Gasteiger partial charge in [0, 0.05) is 10.4 Å². The molecule has 1 atom stereocenters. The third-order valence-corrected chi connectivity index (χ3v) is 6.71. The molecule has 4 aromatic rings. The number of hydrogen-bond donors (Lipinski definition) is 2. The van der Waals surface area contributed by atoms with Gasteiger partial charge in [0.05, 0.1) is 0 Å². The van der Waals surface area contributed by atoms with Crippen molar-refractivity contribution in [1.29, 1.82) is 0 Å². The average Bonchev–Trinajstić information content (AvgIpc) is 2.85. The Morgan fingerprint density at radius 3 is 1.63 bits per heavy atom. The Balaban J connectivity index is 1.52. The van der Waals surface area contributed by atoms with Crippen molar-refractivity contribution in [1.82, 2.24) is 0 Å². The predicted octanol–water partition coefficient (Wildman–Crippen LogP) is 6.82. The van der Waals surface area contributed by atoms with Crippen LogP contribution in [0, 0.1) is 5.92 Å². The minimum absolute atomic E-state index is 0.334. The van der Waals surface area contributed by atoms with Gasteiger partial charge in [-0.3, -0.25) is 9.59 Å². The van der Waals surface area contributed by atoms with Crippen molar-refractivity contribution < 1.29 is 19.8 Å². The maximum atomic E-state index is 11.8. The summed E-state index contributed by atoms with van der Waals surface area (Å²) in [4.78, 5) is 23.6. The van der Waals surface area contributed by atoms with E-state index < -0.39 is 23.8 Å². The average molecular weight is 529 g/mol. The van der Waals surface area contributed by atoms with Crippen LogP contribution in [-0.2, 0) is 22.4 Å². The number of rotatable bonds is 9. The molecule has 0 bridgehead atoms. The van der Waals surface area contributed by atoms with Crippen molar-refractivity contribution in [2.24, 2.45) is 5.92 Å². The van der Waals surface area contributed by atoms with E-state index >= 15 is 0 Å². The van der Waals surface area contributed by atoms with E-state index in [-0.39, 0.29) is 0 Å². The van der Waals surface area contributed by atoms with E-state index in [1.807, 2.05) is 66.7 Å². The summed E-state index contributed by atoms with van der Waals surface area (Å²) in [5.41, 5.74) is 6.14. The summed E-state index contributed by atoms with van der Waals surface area (Å²) in [5, 5.41) is 19.3. The van der Waals surface area contributed by atoms with Gasteiger partial charge in [0.2, 0.25) is 0 Å². The Bertz CT molecular complexity index is 1270. The first-order valence-corrected chi connectivity index (χ1v) is 12.1. The Morgan fingerprint density at radius 1 is 0.629 bits per heavy atom. The summed E-state index contributed by atoms with van der Waals surface area (Å²) in [6, 6.07) is 33.6. The SMILES string of the molecule is O=C(O)C(C(=O)O)C(Cc1ccccc1)c1ccc(Cc2ccc(-c3ccc(Br)cc3)cc2)cc1. The zero-order chi connectivity index (χ0) is 24.8. The van der Waals surface area contributed by atoms with Crippen molar-refractivity contribution in [2.45, 2.75) is 18.8 Å². The molecule has 5 heteroatoms. The molecule has 1 unspecified atom stereocenters. The molecule has 0 saturated carbocycles. The van der Waals surface area contributed by atoms with E-state index in [4.69, 9.17) is 0 Å². The molecule has 0 saturated heterocycles. The molecule has 2 N–H and O–H groups in total. The molecule has 4 rings (SSSR count). The van der Waals surface area contributed by atoms with Crippen LogP contribution < -0.4 is 0 Å². The molecule has 176 valence electrons. The third-order valence-electron chi connectivity index (χ3n) is 6.18. The van der Waals surface area contributed by atoms with Crippen molar-refractivity contribution in [3.8, 4) is 11.1 Å². The van der Waals surface area contributed by atoms with E-state index in [1.165, 1.54) is 0 Å². The first-order valence-electron chi connectivity index (χ1n) is 11.3. The Labute approximate surface area is 213 Å². The minimum Gasteiger partial charge on any atom is -0.481 e. The van der Waals surface area contributed by atoms with Gasteiger partial charge in [-0.2, -0.15) is 0 Å². The summed E-state index contributed by atoms with van der Waals surface area (Å²) >= 11 is 3.46. The predicted molar refractivity (Wildman–Crippen MR) is 140 cm³/mol.